The summed E-state index contributed by atoms with van der Waals surface area (Å²) in [4.78, 5) is 2.84. The molecule has 2 aliphatic rings. The van der Waals surface area contributed by atoms with Crippen LogP contribution in [-0.4, -0.2) is 36.6 Å². The van der Waals surface area contributed by atoms with E-state index < -0.39 is 0 Å². The lowest BCUT2D eigenvalue weighted by Crippen LogP contribution is -2.50. The maximum absolute atomic E-state index is 3.78. The van der Waals surface area contributed by atoms with Gasteiger partial charge in [0.15, 0.2) is 0 Å². The van der Waals surface area contributed by atoms with Crippen LogP contribution in [0.25, 0.3) is 0 Å². The van der Waals surface area contributed by atoms with Crippen LogP contribution >= 0.6 is 0 Å². The summed E-state index contributed by atoms with van der Waals surface area (Å²) >= 11 is 0. The lowest BCUT2D eigenvalue weighted by atomic mass is 9.98. The topological polar surface area (TPSA) is 15.3 Å². The minimum atomic E-state index is 0.755. The SMILES string of the molecule is CCNC1CCCCCC1N1CCCC(CC)CC1. The largest absolute Gasteiger partial charge is 0.313 e. The van der Waals surface area contributed by atoms with Crippen LogP contribution in [0.2, 0.25) is 0 Å². The molecule has 3 unspecified atom stereocenters. The molecule has 0 bridgehead atoms. The van der Waals surface area contributed by atoms with Crippen LogP contribution < -0.4 is 5.32 Å². The van der Waals surface area contributed by atoms with Gasteiger partial charge in [0.05, 0.1) is 0 Å². The first-order valence-electron chi connectivity index (χ1n) is 8.82. The molecule has 1 saturated heterocycles. The second-order valence-electron chi connectivity index (χ2n) is 6.61. The van der Waals surface area contributed by atoms with Gasteiger partial charge in [0, 0.05) is 12.1 Å². The fraction of sp³-hybridized carbons (Fsp3) is 1.00. The zero-order chi connectivity index (χ0) is 13.5. The van der Waals surface area contributed by atoms with E-state index in [-0.39, 0.29) is 0 Å². The Hall–Kier alpha value is -0.0800. The quantitative estimate of drug-likeness (QED) is 0.778. The standard InChI is InChI=1S/C17H34N2/c1-3-15-9-8-13-19(14-12-15)17-11-7-5-6-10-16(17)18-4-2/h15-18H,3-14H2,1-2H3. The molecule has 1 heterocycles. The van der Waals surface area contributed by atoms with E-state index in [1.807, 2.05) is 0 Å². The van der Waals surface area contributed by atoms with Crippen molar-refractivity contribution in [3.8, 4) is 0 Å². The van der Waals surface area contributed by atoms with E-state index in [4.69, 9.17) is 0 Å². The van der Waals surface area contributed by atoms with Crippen molar-refractivity contribution in [1.82, 2.24) is 10.2 Å². The van der Waals surface area contributed by atoms with Gasteiger partial charge in [-0.15, -0.1) is 0 Å². The van der Waals surface area contributed by atoms with Crippen molar-refractivity contribution in [1.29, 1.82) is 0 Å². The van der Waals surface area contributed by atoms with E-state index in [0.29, 0.717) is 0 Å². The van der Waals surface area contributed by atoms with Crippen LogP contribution in [0, 0.1) is 5.92 Å². The van der Waals surface area contributed by atoms with Crippen molar-refractivity contribution < 1.29 is 0 Å². The zero-order valence-electron chi connectivity index (χ0n) is 13.2. The Morgan fingerprint density at radius 3 is 2.53 bits per heavy atom. The summed E-state index contributed by atoms with van der Waals surface area (Å²) in [6.45, 7) is 8.46. The predicted molar refractivity (Wildman–Crippen MR) is 83.5 cm³/mol. The smallest absolute Gasteiger partial charge is 0.0249 e. The summed E-state index contributed by atoms with van der Waals surface area (Å²) in [5.41, 5.74) is 0. The molecular weight excluding hydrogens is 232 g/mol. The van der Waals surface area contributed by atoms with Crippen molar-refractivity contribution in [3.05, 3.63) is 0 Å². The first-order valence-corrected chi connectivity index (χ1v) is 8.82. The highest BCUT2D eigenvalue weighted by Crippen LogP contribution is 2.27. The third kappa shape index (κ3) is 4.46. The minimum Gasteiger partial charge on any atom is -0.313 e. The van der Waals surface area contributed by atoms with Gasteiger partial charge in [-0.1, -0.05) is 39.5 Å². The average molecular weight is 266 g/mol. The fourth-order valence-corrected chi connectivity index (χ4v) is 4.15. The second kappa shape index (κ2) is 8.26. The molecule has 0 spiro atoms. The zero-order valence-corrected chi connectivity index (χ0v) is 13.2. The molecule has 0 aromatic heterocycles. The van der Waals surface area contributed by atoms with E-state index in [0.717, 1.165) is 24.5 Å². The van der Waals surface area contributed by atoms with E-state index in [1.165, 1.54) is 70.9 Å². The number of hydrogen-bond donors (Lipinski definition) is 1. The van der Waals surface area contributed by atoms with Gasteiger partial charge in [0.1, 0.15) is 0 Å². The van der Waals surface area contributed by atoms with E-state index in [9.17, 15) is 0 Å². The Balaban J connectivity index is 1.95. The summed E-state index contributed by atoms with van der Waals surface area (Å²) in [7, 11) is 0. The molecule has 1 N–H and O–H groups in total. The van der Waals surface area contributed by atoms with Crippen LogP contribution in [0.15, 0.2) is 0 Å². The fourth-order valence-electron chi connectivity index (χ4n) is 4.15. The molecule has 1 aliphatic heterocycles. The third-order valence-corrected chi connectivity index (χ3v) is 5.37. The van der Waals surface area contributed by atoms with Gasteiger partial charge < -0.3 is 5.32 Å². The summed E-state index contributed by atoms with van der Waals surface area (Å²) < 4.78 is 0. The maximum atomic E-state index is 3.78. The summed E-state index contributed by atoms with van der Waals surface area (Å²) in [6, 6.07) is 1.57. The molecule has 0 amide bonds. The Morgan fingerprint density at radius 2 is 1.74 bits per heavy atom. The van der Waals surface area contributed by atoms with E-state index in [2.05, 4.69) is 24.1 Å². The molecule has 2 heteroatoms. The Labute approximate surface area is 120 Å². The Morgan fingerprint density at radius 1 is 0.895 bits per heavy atom. The highest BCUT2D eigenvalue weighted by molar-refractivity contribution is 4.88. The van der Waals surface area contributed by atoms with Crippen molar-refractivity contribution in [3.63, 3.8) is 0 Å². The van der Waals surface area contributed by atoms with Gasteiger partial charge in [-0.2, -0.15) is 0 Å². The second-order valence-corrected chi connectivity index (χ2v) is 6.61. The predicted octanol–water partition coefficient (Wildman–Crippen LogP) is 3.81. The maximum Gasteiger partial charge on any atom is 0.0249 e. The van der Waals surface area contributed by atoms with Crippen molar-refractivity contribution in [2.75, 3.05) is 19.6 Å². The van der Waals surface area contributed by atoms with Gasteiger partial charge in [-0.25, -0.2) is 0 Å². The molecule has 0 radical (unpaired) electrons. The summed E-state index contributed by atoms with van der Waals surface area (Å²) in [5, 5.41) is 3.78. The molecule has 3 atom stereocenters. The normalized spacial score (nSPS) is 34.7. The molecule has 0 aromatic carbocycles. The molecule has 0 aromatic rings. The first-order chi connectivity index (χ1) is 9.35. The first kappa shape index (κ1) is 15.3. The number of hydrogen-bond acceptors (Lipinski definition) is 2. The molecule has 19 heavy (non-hydrogen) atoms. The summed E-state index contributed by atoms with van der Waals surface area (Å²) in [5.74, 6) is 0.994. The highest BCUT2D eigenvalue weighted by Gasteiger charge is 2.29. The molecule has 2 rings (SSSR count). The minimum absolute atomic E-state index is 0.755. The molecule has 1 aliphatic carbocycles. The van der Waals surface area contributed by atoms with Crippen molar-refractivity contribution in [2.24, 2.45) is 5.92 Å². The monoisotopic (exact) mass is 266 g/mol. The van der Waals surface area contributed by atoms with Gasteiger partial charge >= 0.3 is 0 Å². The lowest BCUT2D eigenvalue weighted by Gasteiger charge is -2.36. The van der Waals surface area contributed by atoms with E-state index in [1.54, 1.807) is 0 Å². The number of nitrogens with one attached hydrogen (secondary N) is 1. The average Bonchev–Trinajstić information content (AvgIpc) is 2.79. The molecule has 2 nitrogen and oxygen atoms in total. The molecule has 2 fully saturated rings. The highest BCUT2D eigenvalue weighted by atomic mass is 15.2. The van der Waals surface area contributed by atoms with E-state index >= 15 is 0 Å². The number of rotatable bonds is 4. The number of likely N-dealkylation sites (tertiary alicyclic amines) is 1. The van der Waals surface area contributed by atoms with Gasteiger partial charge in [-0.3, -0.25) is 4.90 Å². The van der Waals surface area contributed by atoms with Crippen LogP contribution in [0.4, 0.5) is 0 Å². The third-order valence-electron chi connectivity index (χ3n) is 5.37. The molecule has 1 saturated carbocycles. The van der Waals surface area contributed by atoms with Gasteiger partial charge in [-0.05, 0) is 57.7 Å². The molecule has 112 valence electrons. The van der Waals surface area contributed by atoms with Crippen molar-refractivity contribution >= 4 is 0 Å². The van der Waals surface area contributed by atoms with Gasteiger partial charge in [0.25, 0.3) is 0 Å². The number of likely N-dealkylation sites (N-methyl/N-ethyl adjacent to an activating group) is 1. The van der Waals surface area contributed by atoms with Crippen LogP contribution in [0.5, 0.6) is 0 Å². The Kier molecular flexibility index (Phi) is 6.66. The van der Waals surface area contributed by atoms with Crippen LogP contribution in [-0.2, 0) is 0 Å². The summed E-state index contributed by atoms with van der Waals surface area (Å²) in [6.07, 6.45) is 12.9. The number of nitrogens with zero attached hydrogens (tertiary/aromatic N) is 1. The van der Waals surface area contributed by atoms with Crippen LogP contribution in [0.3, 0.4) is 0 Å². The lowest BCUT2D eigenvalue weighted by molar-refractivity contribution is 0.152. The van der Waals surface area contributed by atoms with Gasteiger partial charge in [0.2, 0.25) is 0 Å². The van der Waals surface area contributed by atoms with Crippen molar-refractivity contribution in [2.45, 2.75) is 83.7 Å². The van der Waals surface area contributed by atoms with Crippen LogP contribution in [0.1, 0.15) is 71.6 Å². The molecular formula is C17H34N2. The Bertz CT molecular complexity index is 241.